The first-order valence-electron chi connectivity index (χ1n) is 4.55. The molecule has 0 aliphatic carbocycles. The van der Waals surface area contributed by atoms with Crippen molar-refractivity contribution in [3.05, 3.63) is 40.4 Å². The number of fused-ring (bicyclic) bond motifs is 1. The molecule has 1 aromatic carbocycles. The van der Waals surface area contributed by atoms with E-state index in [0.717, 1.165) is 10.9 Å². The number of aromatic nitrogens is 1. The van der Waals surface area contributed by atoms with E-state index in [0.29, 0.717) is 0 Å². The van der Waals surface area contributed by atoms with Crippen LogP contribution < -0.4 is 4.74 Å². The van der Waals surface area contributed by atoms with E-state index in [-0.39, 0.29) is 5.88 Å². The van der Waals surface area contributed by atoms with Gasteiger partial charge in [0.1, 0.15) is 0 Å². The molecule has 2 aromatic rings. The van der Waals surface area contributed by atoms with Gasteiger partial charge in [-0.25, -0.2) is 4.79 Å². The average molecular weight is 220 g/mol. The largest absolute Gasteiger partial charge is 0.405 e. The van der Waals surface area contributed by atoms with Crippen LogP contribution in [0.25, 0.3) is 10.9 Å². The van der Waals surface area contributed by atoms with Crippen LogP contribution in [0.4, 0.5) is 0 Å². The van der Waals surface area contributed by atoms with Gasteiger partial charge in [-0.05, 0) is 6.07 Å². The Hall–Kier alpha value is -2.37. The highest BCUT2D eigenvalue weighted by atomic mass is 16.6. The summed E-state index contributed by atoms with van der Waals surface area (Å²) in [4.78, 5) is 23.2. The summed E-state index contributed by atoms with van der Waals surface area (Å²) < 4.78 is 4.77. The Kier molecular flexibility index (Phi) is 2.55. The number of hydrogen-bond donors (Lipinski definition) is 1. The zero-order valence-corrected chi connectivity index (χ0v) is 8.17. The van der Waals surface area contributed by atoms with E-state index in [4.69, 9.17) is 4.74 Å². The van der Waals surface area contributed by atoms with Gasteiger partial charge in [0, 0.05) is 21.9 Å². The number of nitrogens with zero attached hydrogens (tertiary/aromatic N) is 1. The molecular formula is C10H8N2O4. The minimum atomic E-state index is -0.892. The van der Waals surface area contributed by atoms with E-state index in [1.54, 1.807) is 6.07 Å². The molecular weight excluding hydrogens is 212 g/mol. The number of H-pyrrole nitrogens is 1. The number of esters is 1. The van der Waals surface area contributed by atoms with E-state index >= 15 is 0 Å². The summed E-state index contributed by atoms with van der Waals surface area (Å²) >= 11 is 0. The zero-order valence-electron chi connectivity index (χ0n) is 8.17. The maximum atomic E-state index is 11.0. The Labute approximate surface area is 90.0 Å². The predicted molar refractivity (Wildman–Crippen MR) is 55.8 cm³/mol. The third-order valence-electron chi connectivity index (χ3n) is 1.99. The maximum Gasteiger partial charge on any atom is 0.385 e. The molecule has 0 atom stereocenters. The smallest absolute Gasteiger partial charge is 0.385 e. The SMILES string of the molecule is O=C(C[N+](=O)[O-])Oc1cc2ccccc2[nH]1. The second-order valence-corrected chi connectivity index (χ2v) is 3.19. The Morgan fingerprint density at radius 3 is 2.88 bits per heavy atom. The summed E-state index contributed by atoms with van der Waals surface area (Å²) in [5.41, 5.74) is 0.811. The van der Waals surface area contributed by atoms with E-state index in [1.807, 2.05) is 24.3 Å². The van der Waals surface area contributed by atoms with Crippen molar-refractivity contribution in [3.63, 3.8) is 0 Å². The predicted octanol–water partition coefficient (Wildman–Crippen LogP) is 1.35. The molecule has 0 aliphatic heterocycles. The summed E-state index contributed by atoms with van der Waals surface area (Å²) in [6.07, 6.45) is 0. The average Bonchev–Trinajstić information content (AvgIpc) is 2.57. The Morgan fingerprint density at radius 1 is 1.44 bits per heavy atom. The van der Waals surface area contributed by atoms with Gasteiger partial charge in [-0.1, -0.05) is 18.2 Å². The topological polar surface area (TPSA) is 85.2 Å². The fourth-order valence-corrected chi connectivity index (χ4v) is 1.36. The Balaban J connectivity index is 2.15. The molecule has 2 rings (SSSR count). The van der Waals surface area contributed by atoms with E-state index < -0.39 is 17.4 Å². The number of carbonyl (C=O) groups excluding carboxylic acids is 1. The zero-order chi connectivity index (χ0) is 11.5. The van der Waals surface area contributed by atoms with Crippen molar-refractivity contribution >= 4 is 16.9 Å². The fraction of sp³-hybridized carbons (Fsp3) is 0.100. The van der Waals surface area contributed by atoms with Crippen LogP contribution in [0.1, 0.15) is 0 Å². The van der Waals surface area contributed by atoms with Gasteiger partial charge in [-0.3, -0.25) is 10.1 Å². The molecule has 1 heterocycles. The highest BCUT2D eigenvalue weighted by molar-refractivity contribution is 5.82. The van der Waals surface area contributed by atoms with Crippen molar-refractivity contribution < 1.29 is 14.5 Å². The molecule has 0 bridgehead atoms. The molecule has 0 spiro atoms. The highest BCUT2D eigenvalue weighted by Gasteiger charge is 2.13. The molecule has 0 unspecified atom stereocenters. The molecule has 0 fully saturated rings. The van der Waals surface area contributed by atoms with Crippen molar-refractivity contribution in [1.29, 1.82) is 0 Å². The summed E-state index contributed by atoms with van der Waals surface area (Å²) in [5, 5.41) is 10.9. The molecule has 1 aromatic heterocycles. The van der Waals surface area contributed by atoms with Crippen LogP contribution in [0.3, 0.4) is 0 Å². The molecule has 16 heavy (non-hydrogen) atoms. The molecule has 0 aliphatic rings. The third-order valence-corrected chi connectivity index (χ3v) is 1.99. The summed E-state index contributed by atoms with van der Waals surface area (Å²) in [6.45, 7) is -0.838. The van der Waals surface area contributed by atoms with Gasteiger partial charge in [0.05, 0.1) is 0 Å². The number of nitro groups is 1. The summed E-state index contributed by atoms with van der Waals surface area (Å²) in [7, 11) is 0. The summed E-state index contributed by atoms with van der Waals surface area (Å²) in [5.74, 6) is -0.676. The second-order valence-electron chi connectivity index (χ2n) is 3.19. The molecule has 0 saturated carbocycles. The quantitative estimate of drug-likeness (QED) is 0.480. The fourth-order valence-electron chi connectivity index (χ4n) is 1.36. The van der Waals surface area contributed by atoms with Crippen LogP contribution in [0.2, 0.25) is 0 Å². The number of aromatic amines is 1. The van der Waals surface area contributed by atoms with E-state index in [2.05, 4.69) is 4.98 Å². The Morgan fingerprint density at radius 2 is 2.19 bits per heavy atom. The second kappa shape index (κ2) is 4.01. The molecule has 0 saturated heterocycles. The molecule has 6 heteroatoms. The van der Waals surface area contributed by atoms with Crippen LogP contribution in [0, 0.1) is 10.1 Å². The number of hydrogen-bond acceptors (Lipinski definition) is 4. The van der Waals surface area contributed by atoms with Gasteiger partial charge in [0.2, 0.25) is 5.88 Å². The molecule has 82 valence electrons. The number of carbonyl (C=O) groups is 1. The Bertz CT molecular complexity index is 513. The van der Waals surface area contributed by atoms with Gasteiger partial charge in [-0.2, -0.15) is 0 Å². The first-order chi connectivity index (χ1) is 7.65. The number of rotatable bonds is 3. The minimum Gasteiger partial charge on any atom is -0.405 e. The first-order valence-corrected chi connectivity index (χ1v) is 4.55. The van der Waals surface area contributed by atoms with E-state index in [9.17, 15) is 14.9 Å². The third kappa shape index (κ3) is 2.17. The monoisotopic (exact) mass is 220 g/mol. The standard InChI is InChI=1S/C10H8N2O4/c13-10(6-12(14)15)16-9-5-7-3-1-2-4-8(7)11-9/h1-5,11H,6H2. The van der Waals surface area contributed by atoms with E-state index in [1.165, 1.54) is 0 Å². The van der Waals surface area contributed by atoms with Crippen molar-refractivity contribution in [3.8, 4) is 5.88 Å². The highest BCUT2D eigenvalue weighted by Crippen LogP contribution is 2.19. The van der Waals surface area contributed by atoms with Gasteiger partial charge in [0.25, 0.3) is 6.54 Å². The number of ether oxygens (including phenoxy) is 1. The van der Waals surface area contributed by atoms with Crippen LogP contribution in [-0.4, -0.2) is 22.4 Å². The van der Waals surface area contributed by atoms with Gasteiger partial charge in [-0.15, -0.1) is 0 Å². The lowest BCUT2D eigenvalue weighted by atomic mass is 10.3. The van der Waals surface area contributed by atoms with Crippen LogP contribution in [0.5, 0.6) is 5.88 Å². The molecule has 0 radical (unpaired) electrons. The minimum absolute atomic E-state index is 0.216. The number of para-hydroxylation sites is 1. The lowest BCUT2D eigenvalue weighted by molar-refractivity contribution is -0.469. The lowest BCUT2D eigenvalue weighted by Gasteiger charge is -1.96. The molecule has 6 nitrogen and oxygen atoms in total. The van der Waals surface area contributed by atoms with Crippen LogP contribution in [0.15, 0.2) is 30.3 Å². The van der Waals surface area contributed by atoms with Gasteiger partial charge < -0.3 is 9.72 Å². The number of nitrogens with one attached hydrogen (secondary N) is 1. The number of benzene rings is 1. The van der Waals surface area contributed by atoms with Crippen LogP contribution >= 0.6 is 0 Å². The molecule has 0 amide bonds. The van der Waals surface area contributed by atoms with Crippen molar-refractivity contribution in [2.45, 2.75) is 0 Å². The maximum absolute atomic E-state index is 11.0. The first kappa shape index (κ1) is 10.2. The lowest BCUT2D eigenvalue weighted by Crippen LogP contribution is -2.19. The van der Waals surface area contributed by atoms with Crippen molar-refractivity contribution in [1.82, 2.24) is 4.98 Å². The van der Waals surface area contributed by atoms with Gasteiger partial charge in [0.15, 0.2) is 0 Å². The van der Waals surface area contributed by atoms with Crippen molar-refractivity contribution in [2.24, 2.45) is 0 Å². The van der Waals surface area contributed by atoms with Gasteiger partial charge >= 0.3 is 5.97 Å². The van der Waals surface area contributed by atoms with Crippen LogP contribution in [-0.2, 0) is 4.79 Å². The summed E-state index contributed by atoms with van der Waals surface area (Å²) in [6, 6.07) is 8.96. The molecule has 1 N–H and O–H groups in total. The normalized spacial score (nSPS) is 10.2. The van der Waals surface area contributed by atoms with Crippen molar-refractivity contribution in [2.75, 3.05) is 6.54 Å².